The molecule has 0 aromatic carbocycles. The Kier molecular flexibility index (Phi) is 16.9. The summed E-state index contributed by atoms with van der Waals surface area (Å²) in [5, 5.41) is 0. The van der Waals surface area contributed by atoms with E-state index in [0.717, 1.165) is 11.9 Å². The minimum Gasteiger partial charge on any atom is -0.301 e. The molecule has 0 rings (SSSR count). The van der Waals surface area contributed by atoms with Crippen LogP contribution in [-0.4, -0.2) is 31.9 Å². The first-order chi connectivity index (χ1) is 11.2. The molecular formula is C21H46BN. The van der Waals surface area contributed by atoms with E-state index in [9.17, 15) is 0 Å². The summed E-state index contributed by atoms with van der Waals surface area (Å²) in [6.07, 6.45) is 18.4. The maximum Gasteiger partial charge on any atom is 0.105 e. The first kappa shape index (κ1) is 23.0. The summed E-state index contributed by atoms with van der Waals surface area (Å²) in [4.78, 5) is 2.79. The van der Waals surface area contributed by atoms with Crippen molar-refractivity contribution in [1.29, 1.82) is 0 Å². The number of hydrogen-bond donors (Lipinski definition) is 0. The van der Waals surface area contributed by atoms with E-state index < -0.39 is 0 Å². The van der Waals surface area contributed by atoms with Crippen molar-refractivity contribution < 1.29 is 0 Å². The zero-order valence-corrected chi connectivity index (χ0v) is 17.2. The molecule has 1 unspecified atom stereocenters. The molecular weight excluding hydrogens is 277 g/mol. The standard InChI is InChI=1S/C21H46BN/c1-5-8-10-12-14-16-21(17-15-13-11-9-6-2)23(7-3)19-18-20(4)22/h20-21H,5-19,22H2,1-4H3. The van der Waals surface area contributed by atoms with Crippen LogP contribution in [0.5, 0.6) is 0 Å². The highest BCUT2D eigenvalue weighted by Gasteiger charge is 2.16. The smallest absolute Gasteiger partial charge is 0.105 e. The molecule has 0 amide bonds. The van der Waals surface area contributed by atoms with Crippen molar-refractivity contribution in [2.75, 3.05) is 13.1 Å². The van der Waals surface area contributed by atoms with Gasteiger partial charge in [-0.05, 0) is 32.4 Å². The number of unbranched alkanes of at least 4 members (excludes halogenated alkanes) is 8. The summed E-state index contributed by atoms with van der Waals surface area (Å²) in [7, 11) is 2.36. The van der Waals surface area contributed by atoms with Gasteiger partial charge in [0.2, 0.25) is 0 Å². The van der Waals surface area contributed by atoms with Gasteiger partial charge in [-0.3, -0.25) is 0 Å². The number of rotatable bonds is 17. The Morgan fingerprint density at radius 3 is 1.57 bits per heavy atom. The Morgan fingerprint density at radius 2 is 1.17 bits per heavy atom. The Labute approximate surface area is 149 Å². The van der Waals surface area contributed by atoms with E-state index in [4.69, 9.17) is 0 Å². The highest BCUT2D eigenvalue weighted by atomic mass is 15.1. The third kappa shape index (κ3) is 14.1. The van der Waals surface area contributed by atoms with E-state index >= 15 is 0 Å². The van der Waals surface area contributed by atoms with Crippen LogP contribution in [0.3, 0.4) is 0 Å². The molecule has 0 N–H and O–H groups in total. The van der Waals surface area contributed by atoms with Crippen molar-refractivity contribution in [2.45, 2.75) is 123 Å². The van der Waals surface area contributed by atoms with Gasteiger partial charge in [0.05, 0.1) is 0 Å². The molecule has 0 bridgehead atoms. The zero-order chi connectivity index (χ0) is 17.3. The highest BCUT2D eigenvalue weighted by Crippen LogP contribution is 2.19. The quantitative estimate of drug-likeness (QED) is 0.226. The molecule has 138 valence electrons. The van der Waals surface area contributed by atoms with Crippen molar-refractivity contribution in [1.82, 2.24) is 4.90 Å². The topological polar surface area (TPSA) is 3.24 Å². The maximum absolute atomic E-state index is 2.79. The number of nitrogens with zero attached hydrogens (tertiary/aromatic N) is 1. The van der Waals surface area contributed by atoms with Crippen LogP contribution in [0, 0.1) is 0 Å². The Bertz CT molecular complexity index is 216. The average Bonchev–Trinajstić information content (AvgIpc) is 2.53. The molecule has 0 heterocycles. The second-order valence-corrected chi connectivity index (χ2v) is 7.87. The Hall–Kier alpha value is 0.0249. The monoisotopic (exact) mass is 323 g/mol. The fraction of sp³-hybridized carbons (Fsp3) is 1.00. The fourth-order valence-corrected chi connectivity index (χ4v) is 3.50. The van der Waals surface area contributed by atoms with Gasteiger partial charge in [-0.15, -0.1) is 0 Å². The largest absolute Gasteiger partial charge is 0.301 e. The molecule has 1 atom stereocenters. The van der Waals surface area contributed by atoms with E-state index in [-0.39, 0.29) is 0 Å². The molecule has 0 aromatic rings. The van der Waals surface area contributed by atoms with Crippen molar-refractivity contribution in [3.63, 3.8) is 0 Å². The average molecular weight is 323 g/mol. The van der Waals surface area contributed by atoms with E-state index in [0.29, 0.717) is 0 Å². The third-order valence-electron chi connectivity index (χ3n) is 5.20. The van der Waals surface area contributed by atoms with Crippen LogP contribution in [0.4, 0.5) is 0 Å². The van der Waals surface area contributed by atoms with Gasteiger partial charge < -0.3 is 4.90 Å². The lowest BCUT2D eigenvalue weighted by Crippen LogP contribution is -2.36. The molecule has 0 aliphatic carbocycles. The molecule has 0 saturated carbocycles. The van der Waals surface area contributed by atoms with Crippen LogP contribution >= 0.6 is 0 Å². The lowest BCUT2D eigenvalue weighted by atomic mass is 9.86. The SMILES string of the molecule is BC(C)CCN(CC)C(CCCCCCC)CCCCCCC. The van der Waals surface area contributed by atoms with Gasteiger partial charge >= 0.3 is 0 Å². The molecule has 0 fully saturated rings. The minimum absolute atomic E-state index is 0.832. The molecule has 0 aliphatic rings. The summed E-state index contributed by atoms with van der Waals surface area (Å²) >= 11 is 0. The van der Waals surface area contributed by atoms with E-state index in [1.165, 1.54) is 96.6 Å². The van der Waals surface area contributed by atoms with Gasteiger partial charge in [-0.25, -0.2) is 0 Å². The van der Waals surface area contributed by atoms with E-state index in [2.05, 4.69) is 40.4 Å². The van der Waals surface area contributed by atoms with Crippen LogP contribution in [0.2, 0.25) is 5.82 Å². The molecule has 23 heavy (non-hydrogen) atoms. The van der Waals surface area contributed by atoms with Crippen LogP contribution in [0.1, 0.15) is 111 Å². The van der Waals surface area contributed by atoms with Crippen LogP contribution in [-0.2, 0) is 0 Å². The molecule has 1 nitrogen and oxygen atoms in total. The maximum atomic E-state index is 2.79. The van der Waals surface area contributed by atoms with Crippen LogP contribution < -0.4 is 0 Å². The molecule has 0 radical (unpaired) electrons. The van der Waals surface area contributed by atoms with E-state index in [1.807, 2.05) is 0 Å². The highest BCUT2D eigenvalue weighted by molar-refractivity contribution is 6.11. The Morgan fingerprint density at radius 1 is 0.696 bits per heavy atom. The second-order valence-electron chi connectivity index (χ2n) is 7.87. The number of hydrogen-bond acceptors (Lipinski definition) is 1. The summed E-state index contributed by atoms with van der Waals surface area (Å²) in [6.45, 7) is 11.9. The van der Waals surface area contributed by atoms with Crippen molar-refractivity contribution in [3.05, 3.63) is 0 Å². The first-order valence-corrected chi connectivity index (χ1v) is 10.9. The predicted molar refractivity (Wildman–Crippen MR) is 110 cm³/mol. The van der Waals surface area contributed by atoms with Crippen molar-refractivity contribution >= 4 is 7.85 Å². The van der Waals surface area contributed by atoms with Crippen molar-refractivity contribution in [3.8, 4) is 0 Å². The molecule has 2 heteroatoms. The minimum atomic E-state index is 0.832. The van der Waals surface area contributed by atoms with Crippen LogP contribution in [0.25, 0.3) is 0 Å². The van der Waals surface area contributed by atoms with E-state index in [1.54, 1.807) is 0 Å². The summed E-state index contributed by atoms with van der Waals surface area (Å²) in [6, 6.07) is 0.849. The second kappa shape index (κ2) is 16.9. The first-order valence-electron chi connectivity index (χ1n) is 10.9. The normalized spacial score (nSPS) is 13.1. The van der Waals surface area contributed by atoms with Crippen LogP contribution in [0.15, 0.2) is 0 Å². The lowest BCUT2D eigenvalue weighted by Gasteiger charge is -2.32. The van der Waals surface area contributed by atoms with Gasteiger partial charge in [-0.1, -0.05) is 97.7 Å². The molecule has 0 aromatic heterocycles. The van der Waals surface area contributed by atoms with Gasteiger partial charge in [0.1, 0.15) is 7.85 Å². The van der Waals surface area contributed by atoms with Gasteiger partial charge in [-0.2, -0.15) is 0 Å². The van der Waals surface area contributed by atoms with Gasteiger partial charge in [0.25, 0.3) is 0 Å². The summed E-state index contributed by atoms with van der Waals surface area (Å²) in [5.41, 5.74) is 0. The third-order valence-corrected chi connectivity index (χ3v) is 5.20. The van der Waals surface area contributed by atoms with Gasteiger partial charge in [0.15, 0.2) is 0 Å². The summed E-state index contributed by atoms with van der Waals surface area (Å²) in [5.74, 6) is 0.832. The predicted octanol–water partition coefficient (Wildman–Crippen LogP) is 6.23. The van der Waals surface area contributed by atoms with Gasteiger partial charge in [0, 0.05) is 6.04 Å². The molecule has 0 saturated heterocycles. The molecule has 0 aliphatic heterocycles. The lowest BCUT2D eigenvalue weighted by molar-refractivity contribution is 0.176. The summed E-state index contributed by atoms with van der Waals surface area (Å²) < 4.78 is 0. The fourth-order valence-electron chi connectivity index (χ4n) is 3.50. The Balaban J connectivity index is 4.20. The molecule has 0 spiro atoms. The van der Waals surface area contributed by atoms with Crippen molar-refractivity contribution in [2.24, 2.45) is 0 Å². The zero-order valence-electron chi connectivity index (χ0n) is 17.2.